The van der Waals surface area contributed by atoms with E-state index >= 15 is 0 Å². The Balaban J connectivity index is 1.92. The second-order valence-corrected chi connectivity index (χ2v) is 6.77. The molecule has 2 rings (SSSR count). The van der Waals surface area contributed by atoms with Gasteiger partial charge in [0.25, 0.3) is 0 Å². The molecule has 2 saturated heterocycles. The third kappa shape index (κ3) is 3.69. The maximum atomic E-state index is 11.9. The summed E-state index contributed by atoms with van der Waals surface area (Å²) in [7, 11) is 0. The summed E-state index contributed by atoms with van der Waals surface area (Å²) in [6.45, 7) is 10.6. The molecule has 1 amide bonds. The molecule has 0 aromatic heterocycles. The zero-order valence-electron chi connectivity index (χ0n) is 11.9. The monoisotopic (exact) mass is 254 g/mol. The quantitative estimate of drug-likeness (QED) is 0.806. The number of nitrogens with one attached hydrogen (secondary N) is 1. The van der Waals surface area contributed by atoms with Crippen LogP contribution in [0.4, 0.5) is 0 Å². The first kappa shape index (κ1) is 13.8. The largest absolute Gasteiger partial charge is 0.366 e. The average molecular weight is 254 g/mol. The lowest BCUT2D eigenvalue weighted by atomic mass is 9.90. The van der Waals surface area contributed by atoms with Crippen molar-refractivity contribution in [3.05, 3.63) is 0 Å². The number of nitrogens with zero attached hydrogens (tertiary/aromatic N) is 1. The molecule has 2 aliphatic rings. The molecule has 0 saturated carbocycles. The summed E-state index contributed by atoms with van der Waals surface area (Å²) in [5, 5.41) is 3.38. The van der Waals surface area contributed by atoms with E-state index in [0.29, 0.717) is 5.92 Å². The molecule has 0 aromatic carbocycles. The number of carbonyl (C=O) groups excluding carboxylic acids is 1. The Morgan fingerprint density at radius 3 is 2.61 bits per heavy atom. The van der Waals surface area contributed by atoms with Crippen molar-refractivity contribution in [3.8, 4) is 0 Å². The summed E-state index contributed by atoms with van der Waals surface area (Å²) in [5.41, 5.74) is 0.158. The zero-order valence-corrected chi connectivity index (χ0v) is 11.9. The summed E-state index contributed by atoms with van der Waals surface area (Å²) in [6, 6.07) is 0. The second kappa shape index (κ2) is 5.57. The van der Waals surface area contributed by atoms with Gasteiger partial charge in [-0.1, -0.05) is 20.8 Å². The summed E-state index contributed by atoms with van der Waals surface area (Å²) >= 11 is 0. The number of piperidine rings is 1. The van der Waals surface area contributed by atoms with Gasteiger partial charge in [0, 0.05) is 13.1 Å². The molecule has 18 heavy (non-hydrogen) atoms. The third-order valence-corrected chi connectivity index (χ3v) is 3.75. The van der Waals surface area contributed by atoms with E-state index in [0.717, 1.165) is 26.2 Å². The maximum Gasteiger partial charge on any atom is 0.248 e. The van der Waals surface area contributed by atoms with E-state index in [1.54, 1.807) is 0 Å². The number of carbonyl (C=O) groups is 1. The van der Waals surface area contributed by atoms with Crippen LogP contribution in [0.5, 0.6) is 0 Å². The average Bonchev–Trinajstić information content (AvgIpc) is 2.31. The van der Waals surface area contributed by atoms with Crippen molar-refractivity contribution >= 4 is 5.91 Å². The van der Waals surface area contributed by atoms with Crippen LogP contribution in [0, 0.1) is 11.3 Å². The Morgan fingerprint density at radius 1 is 1.33 bits per heavy atom. The lowest BCUT2D eigenvalue weighted by molar-refractivity contribution is -0.154. The van der Waals surface area contributed by atoms with Gasteiger partial charge in [0.2, 0.25) is 5.91 Å². The van der Waals surface area contributed by atoms with Gasteiger partial charge in [0.1, 0.15) is 6.61 Å². The maximum absolute atomic E-state index is 11.9. The highest BCUT2D eigenvalue weighted by atomic mass is 16.5. The third-order valence-electron chi connectivity index (χ3n) is 3.75. The molecule has 0 aliphatic carbocycles. The Bertz CT molecular complexity index is 293. The van der Waals surface area contributed by atoms with Crippen LogP contribution in [0.2, 0.25) is 0 Å². The van der Waals surface area contributed by atoms with Crippen molar-refractivity contribution in [1.29, 1.82) is 0 Å². The van der Waals surface area contributed by atoms with Crippen LogP contribution >= 0.6 is 0 Å². The predicted molar refractivity (Wildman–Crippen MR) is 71.4 cm³/mol. The Morgan fingerprint density at radius 2 is 2.00 bits per heavy atom. The van der Waals surface area contributed by atoms with Crippen molar-refractivity contribution in [2.75, 3.05) is 32.8 Å². The molecule has 2 heterocycles. The molecular formula is C14H26N2O2. The second-order valence-electron chi connectivity index (χ2n) is 6.77. The minimum Gasteiger partial charge on any atom is -0.366 e. The SMILES string of the molecule is CC(C)(C)CN1CC(C2CCNCC2)OCC1=O. The van der Waals surface area contributed by atoms with Gasteiger partial charge in [0.05, 0.1) is 6.10 Å². The van der Waals surface area contributed by atoms with E-state index in [2.05, 4.69) is 26.1 Å². The van der Waals surface area contributed by atoms with Crippen LogP contribution in [0.25, 0.3) is 0 Å². The molecule has 2 fully saturated rings. The fourth-order valence-electron chi connectivity index (χ4n) is 2.87. The van der Waals surface area contributed by atoms with E-state index in [1.165, 1.54) is 12.8 Å². The molecule has 0 radical (unpaired) electrons. The van der Waals surface area contributed by atoms with Gasteiger partial charge in [-0.25, -0.2) is 0 Å². The molecule has 0 bridgehead atoms. The van der Waals surface area contributed by atoms with E-state index in [1.807, 2.05) is 4.90 Å². The summed E-state index contributed by atoms with van der Waals surface area (Å²) in [5.74, 6) is 0.761. The van der Waals surface area contributed by atoms with E-state index in [9.17, 15) is 4.79 Å². The number of morpholine rings is 1. The van der Waals surface area contributed by atoms with Gasteiger partial charge in [-0.3, -0.25) is 4.79 Å². The first-order valence-electron chi connectivity index (χ1n) is 7.06. The van der Waals surface area contributed by atoms with E-state index in [4.69, 9.17) is 4.74 Å². The highest BCUT2D eigenvalue weighted by Crippen LogP contribution is 2.24. The molecule has 1 atom stereocenters. The van der Waals surface area contributed by atoms with Crippen molar-refractivity contribution < 1.29 is 9.53 Å². The van der Waals surface area contributed by atoms with Crippen LogP contribution in [0.3, 0.4) is 0 Å². The van der Waals surface area contributed by atoms with Gasteiger partial charge in [-0.2, -0.15) is 0 Å². The van der Waals surface area contributed by atoms with E-state index in [-0.39, 0.29) is 24.0 Å². The standard InChI is InChI=1S/C14H26N2O2/c1-14(2,3)10-16-8-12(18-9-13(16)17)11-4-6-15-7-5-11/h11-12,15H,4-10H2,1-3H3. The molecule has 1 unspecified atom stereocenters. The predicted octanol–water partition coefficient (Wildman–Crippen LogP) is 1.26. The highest BCUT2D eigenvalue weighted by molar-refractivity contribution is 5.78. The van der Waals surface area contributed by atoms with Crippen molar-refractivity contribution in [1.82, 2.24) is 10.2 Å². The van der Waals surface area contributed by atoms with Gasteiger partial charge in [-0.05, 0) is 37.3 Å². The Labute approximate surface area is 110 Å². The smallest absolute Gasteiger partial charge is 0.248 e. The van der Waals surface area contributed by atoms with Crippen LogP contribution in [-0.4, -0.2) is 49.7 Å². The normalized spacial score (nSPS) is 27.6. The fraction of sp³-hybridized carbons (Fsp3) is 0.929. The van der Waals surface area contributed by atoms with Gasteiger partial charge < -0.3 is 15.0 Å². The molecule has 104 valence electrons. The summed E-state index contributed by atoms with van der Waals surface area (Å²) in [4.78, 5) is 13.9. The number of ether oxygens (including phenoxy) is 1. The van der Waals surface area contributed by atoms with Crippen LogP contribution in [0.1, 0.15) is 33.6 Å². The number of hydrogen-bond donors (Lipinski definition) is 1. The summed E-state index contributed by atoms with van der Waals surface area (Å²) < 4.78 is 5.76. The Hall–Kier alpha value is -0.610. The van der Waals surface area contributed by atoms with Gasteiger partial charge >= 0.3 is 0 Å². The Kier molecular flexibility index (Phi) is 4.28. The fourth-order valence-corrected chi connectivity index (χ4v) is 2.87. The number of rotatable bonds is 2. The van der Waals surface area contributed by atoms with Crippen molar-refractivity contribution in [2.24, 2.45) is 11.3 Å². The molecule has 4 nitrogen and oxygen atoms in total. The van der Waals surface area contributed by atoms with Gasteiger partial charge in [-0.15, -0.1) is 0 Å². The van der Waals surface area contributed by atoms with Crippen LogP contribution in [-0.2, 0) is 9.53 Å². The van der Waals surface area contributed by atoms with E-state index < -0.39 is 0 Å². The van der Waals surface area contributed by atoms with Crippen molar-refractivity contribution in [3.63, 3.8) is 0 Å². The van der Waals surface area contributed by atoms with Crippen LogP contribution < -0.4 is 5.32 Å². The minimum absolute atomic E-state index is 0.148. The van der Waals surface area contributed by atoms with Crippen LogP contribution in [0.15, 0.2) is 0 Å². The number of amides is 1. The molecule has 2 aliphatic heterocycles. The zero-order chi connectivity index (χ0) is 13.2. The lowest BCUT2D eigenvalue weighted by Crippen LogP contribution is -2.52. The molecule has 1 N–H and O–H groups in total. The van der Waals surface area contributed by atoms with Crippen molar-refractivity contribution in [2.45, 2.75) is 39.7 Å². The number of hydrogen-bond acceptors (Lipinski definition) is 3. The lowest BCUT2D eigenvalue weighted by Gasteiger charge is -2.40. The molecule has 0 aromatic rings. The molecule has 0 spiro atoms. The summed E-state index contributed by atoms with van der Waals surface area (Å²) in [6.07, 6.45) is 2.58. The molecular weight excluding hydrogens is 228 g/mol. The minimum atomic E-state index is 0.148. The first-order chi connectivity index (χ1) is 8.46. The topological polar surface area (TPSA) is 41.6 Å². The van der Waals surface area contributed by atoms with Gasteiger partial charge in [0.15, 0.2) is 0 Å². The molecule has 4 heteroatoms. The first-order valence-corrected chi connectivity index (χ1v) is 7.06. The highest BCUT2D eigenvalue weighted by Gasteiger charge is 2.33.